The van der Waals surface area contributed by atoms with Gasteiger partial charge < -0.3 is 9.64 Å². The topological polar surface area (TPSA) is 63.7 Å². The number of hydrogen-bond donors (Lipinski definition) is 0. The molecule has 0 fully saturated rings. The third kappa shape index (κ3) is 6.71. The van der Waals surface area contributed by atoms with E-state index >= 15 is 0 Å². The van der Waals surface area contributed by atoms with E-state index in [-0.39, 0.29) is 12.2 Å². The summed E-state index contributed by atoms with van der Waals surface area (Å²) < 4.78 is 5.10. The van der Waals surface area contributed by atoms with Crippen LogP contribution < -0.4 is 0 Å². The number of rotatable bonds is 9. The average Bonchev–Trinajstić information content (AvgIpc) is 2.27. The van der Waals surface area contributed by atoms with Crippen molar-refractivity contribution < 1.29 is 19.1 Å². The molecule has 17 heavy (non-hydrogen) atoms. The highest BCUT2D eigenvalue weighted by molar-refractivity contribution is 5.94. The van der Waals surface area contributed by atoms with E-state index < -0.39 is 12.2 Å². The molecule has 1 amide bonds. The summed E-state index contributed by atoms with van der Waals surface area (Å²) in [5.41, 5.74) is 0. The number of nitrogens with zero attached hydrogens (tertiary/aromatic N) is 1. The van der Waals surface area contributed by atoms with Crippen molar-refractivity contribution in [3.8, 4) is 0 Å². The van der Waals surface area contributed by atoms with Crippen molar-refractivity contribution >= 4 is 18.2 Å². The highest BCUT2D eigenvalue weighted by Gasteiger charge is 2.19. The summed E-state index contributed by atoms with van der Waals surface area (Å²) in [5, 5.41) is 0. The minimum atomic E-state index is -0.576. The van der Waals surface area contributed by atoms with Crippen LogP contribution in [0.5, 0.6) is 0 Å². The first-order valence-electron chi connectivity index (χ1n) is 5.95. The number of ketones is 1. The van der Waals surface area contributed by atoms with Crippen LogP contribution in [0.15, 0.2) is 0 Å². The maximum absolute atomic E-state index is 11.3. The van der Waals surface area contributed by atoms with Gasteiger partial charge in [-0.2, -0.15) is 0 Å². The molecule has 0 aromatic carbocycles. The van der Waals surface area contributed by atoms with Crippen LogP contribution in [0.3, 0.4) is 0 Å². The minimum absolute atomic E-state index is 0.239. The lowest BCUT2D eigenvalue weighted by Gasteiger charge is -2.26. The Hall–Kier alpha value is -1.39. The van der Waals surface area contributed by atoms with E-state index in [0.717, 1.165) is 12.8 Å². The van der Waals surface area contributed by atoms with Crippen LogP contribution in [0.1, 0.15) is 46.5 Å². The zero-order chi connectivity index (χ0) is 13.3. The smallest absolute Gasteiger partial charge is 0.315 e. The predicted octanol–water partition coefficient (Wildman–Crippen LogP) is 1.50. The molecule has 1 atom stereocenters. The molecule has 0 bridgehead atoms. The SMILES string of the molecule is CCCCN(C=O)C(CC)OC(=O)CC(C)=O. The average molecular weight is 243 g/mol. The van der Waals surface area contributed by atoms with Crippen molar-refractivity contribution in [2.45, 2.75) is 52.7 Å². The Kier molecular flexibility index (Phi) is 8.01. The quantitative estimate of drug-likeness (QED) is 0.266. The predicted molar refractivity (Wildman–Crippen MR) is 63.1 cm³/mol. The Labute approximate surface area is 102 Å². The second kappa shape index (κ2) is 8.73. The van der Waals surface area contributed by atoms with Crippen molar-refractivity contribution in [3.63, 3.8) is 0 Å². The number of ether oxygens (including phenoxy) is 1. The normalized spacial score (nSPS) is 11.7. The summed E-state index contributed by atoms with van der Waals surface area (Å²) in [7, 11) is 0. The fourth-order valence-corrected chi connectivity index (χ4v) is 1.39. The molecule has 1 unspecified atom stereocenters. The number of carbonyl (C=O) groups excluding carboxylic acids is 3. The van der Waals surface area contributed by atoms with Crippen molar-refractivity contribution in [1.82, 2.24) is 4.90 Å². The summed E-state index contributed by atoms with van der Waals surface area (Å²) >= 11 is 0. The van der Waals surface area contributed by atoms with Gasteiger partial charge in [0.05, 0.1) is 0 Å². The molecule has 0 radical (unpaired) electrons. The summed E-state index contributed by atoms with van der Waals surface area (Å²) in [6, 6.07) is 0. The first kappa shape index (κ1) is 15.6. The number of esters is 1. The molecule has 5 nitrogen and oxygen atoms in total. The lowest BCUT2D eigenvalue weighted by atomic mass is 10.3. The summed E-state index contributed by atoms with van der Waals surface area (Å²) in [6.45, 7) is 5.74. The van der Waals surface area contributed by atoms with E-state index in [1.807, 2.05) is 13.8 Å². The van der Waals surface area contributed by atoms with Gasteiger partial charge in [-0.3, -0.25) is 14.4 Å². The van der Waals surface area contributed by atoms with Gasteiger partial charge in [-0.25, -0.2) is 0 Å². The van der Waals surface area contributed by atoms with Crippen LogP contribution >= 0.6 is 0 Å². The number of unbranched alkanes of at least 4 members (excludes halogenated alkanes) is 1. The monoisotopic (exact) mass is 243 g/mol. The van der Waals surface area contributed by atoms with Gasteiger partial charge in [-0.15, -0.1) is 0 Å². The van der Waals surface area contributed by atoms with E-state index in [4.69, 9.17) is 4.74 Å². The lowest BCUT2D eigenvalue weighted by Crippen LogP contribution is -2.38. The van der Waals surface area contributed by atoms with E-state index in [0.29, 0.717) is 19.4 Å². The van der Waals surface area contributed by atoms with E-state index in [1.165, 1.54) is 11.8 Å². The number of hydrogen-bond acceptors (Lipinski definition) is 4. The van der Waals surface area contributed by atoms with Gasteiger partial charge in [0.2, 0.25) is 6.41 Å². The molecule has 0 N–H and O–H groups in total. The van der Waals surface area contributed by atoms with Gasteiger partial charge >= 0.3 is 5.97 Å². The summed E-state index contributed by atoms with van der Waals surface area (Å²) in [5.74, 6) is -0.816. The zero-order valence-corrected chi connectivity index (χ0v) is 10.8. The Morgan fingerprint density at radius 1 is 1.35 bits per heavy atom. The van der Waals surface area contributed by atoms with Crippen molar-refractivity contribution in [2.75, 3.05) is 6.54 Å². The van der Waals surface area contributed by atoms with Crippen LogP contribution in [0.4, 0.5) is 0 Å². The van der Waals surface area contributed by atoms with E-state index in [2.05, 4.69) is 0 Å². The van der Waals surface area contributed by atoms with E-state index in [9.17, 15) is 14.4 Å². The minimum Gasteiger partial charge on any atom is -0.441 e. The molecule has 0 heterocycles. The van der Waals surface area contributed by atoms with Gasteiger partial charge in [0.25, 0.3) is 0 Å². The maximum atomic E-state index is 11.3. The maximum Gasteiger partial charge on any atom is 0.315 e. The fraction of sp³-hybridized carbons (Fsp3) is 0.750. The molecule has 0 aliphatic carbocycles. The van der Waals surface area contributed by atoms with Gasteiger partial charge in [-0.1, -0.05) is 20.3 Å². The summed E-state index contributed by atoms with van der Waals surface area (Å²) in [4.78, 5) is 34.4. The molecule has 0 saturated carbocycles. The molecule has 0 aromatic rings. The number of amides is 1. The molecule has 0 saturated heterocycles. The van der Waals surface area contributed by atoms with Crippen molar-refractivity contribution in [1.29, 1.82) is 0 Å². The highest BCUT2D eigenvalue weighted by Crippen LogP contribution is 2.07. The molecule has 0 rings (SSSR count). The molecular weight excluding hydrogens is 222 g/mol. The van der Waals surface area contributed by atoms with Crippen LogP contribution in [0.2, 0.25) is 0 Å². The Bertz CT molecular complexity index is 265. The molecular formula is C12H21NO4. The van der Waals surface area contributed by atoms with Crippen LogP contribution in [-0.2, 0) is 19.1 Å². The van der Waals surface area contributed by atoms with Crippen LogP contribution in [-0.4, -0.2) is 35.8 Å². The molecule has 0 aliphatic rings. The first-order valence-corrected chi connectivity index (χ1v) is 5.95. The second-order valence-corrected chi connectivity index (χ2v) is 3.93. The highest BCUT2D eigenvalue weighted by atomic mass is 16.6. The number of Topliss-reactive ketones (excluding diaryl/α,β-unsaturated/α-hetero) is 1. The Morgan fingerprint density at radius 2 is 2.00 bits per heavy atom. The standard InChI is InChI=1S/C12H21NO4/c1-4-6-7-13(9-14)11(5-2)17-12(16)8-10(3)15/h9,11H,4-8H2,1-3H3. The fourth-order valence-electron chi connectivity index (χ4n) is 1.39. The molecule has 5 heteroatoms. The van der Waals surface area contributed by atoms with Gasteiger partial charge in [0.1, 0.15) is 12.2 Å². The molecule has 0 spiro atoms. The van der Waals surface area contributed by atoms with Crippen LogP contribution in [0.25, 0.3) is 0 Å². The van der Waals surface area contributed by atoms with Crippen LogP contribution in [0, 0.1) is 0 Å². The first-order chi connectivity index (χ1) is 8.04. The third-order valence-corrected chi connectivity index (χ3v) is 2.29. The van der Waals surface area contributed by atoms with Crippen molar-refractivity contribution in [2.24, 2.45) is 0 Å². The van der Waals surface area contributed by atoms with Gasteiger partial charge in [0, 0.05) is 13.0 Å². The Balaban J connectivity index is 4.31. The lowest BCUT2D eigenvalue weighted by molar-refractivity contribution is -0.162. The molecule has 0 aromatic heterocycles. The largest absolute Gasteiger partial charge is 0.441 e. The third-order valence-electron chi connectivity index (χ3n) is 2.29. The zero-order valence-electron chi connectivity index (χ0n) is 10.8. The summed E-state index contributed by atoms with van der Waals surface area (Å²) in [6.07, 6.45) is 2.22. The van der Waals surface area contributed by atoms with Gasteiger partial charge in [-0.05, 0) is 13.3 Å². The second-order valence-electron chi connectivity index (χ2n) is 3.93. The van der Waals surface area contributed by atoms with Crippen molar-refractivity contribution in [3.05, 3.63) is 0 Å². The van der Waals surface area contributed by atoms with Gasteiger partial charge in [0.15, 0.2) is 6.23 Å². The van der Waals surface area contributed by atoms with E-state index in [1.54, 1.807) is 0 Å². The molecule has 0 aliphatic heterocycles. The Morgan fingerprint density at radius 3 is 2.41 bits per heavy atom. The number of carbonyl (C=O) groups is 3. The molecule has 98 valence electrons.